The lowest BCUT2D eigenvalue weighted by Gasteiger charge is -2.03. The highest BCUT2D eigenvalue weighted by Crippen LogP contribution is 2.31. The Kier molecular flexibility index (Phi) is 3.48. The molecule has 0 atom stereocenters. The lowest BCUT2D eigenvalue weighted by Crippen LogP contribution is -2.03. The van der Waals surface area contributed by atoms with Crippen molar-refractivity contribution >= 4 is 5.69 Å². The zero-order chi connectivity index (χ0) is 14.0. The number of aromatic nitrogens is 2. The normalized spacial score (nSPS) is 10.5. The van der Waals surface area contributed by atoms with Gasteiger partial charge in [-0.2, -0.15) is 5.10 Å². The second kappa shape index (κ2) is 5.07. The van der Waals surface area contributed by atoms with Crippen LogP contribution in [0.5, 0.6) is 5.75 Å². The number of aryl methyl sites for hydroxylation is 1. The fraction of sp³-hybridized carbons (Fsp3) is 0.250. The van der Waals surface area contributed by atoms with Gasteiger partial charge in [0.1, 0.15) is 0 Å². The number of nitrogens with zero attached hydrogens (tertiary/aromatic N) is 3. The smallest absolute Gasteiger partial charge is 0.311 e. The van der Waals surface area contributed by atoms with E-state index < -0.39 is 4.92 Å². The number of ether oxygens (including phenoxy) is 1. The molecule has 1 aromatic carbocycles. The van der Waals surface area contributed by atoms with Crippen LogP contribution in [0, 0.1) is 10.1 Å². The maximum absolute atomic E-state index is 11.0. The summed E-state index contributed by atoms with van der Waals surface area (Å²) in [6.45, 7) is 0.363. The number of nitrogens with two attached hydrogens (primary N) is 1. The lowest BCUT2D eigenvalue weighted by atomic mass is 10.1. The zero-order valence-corrected chi connectivity index (χ0v) is 10.7. The van der Waals surface area contributed by atoms with Crippen molar-refractivity contribution in [3.05, 3.63) is 40.1 Å². The fourth-order valence-corrected chi connectivity index (χ4v) is 1.83. The predicted octanol–water partition coefficient (Wildman–Crippen LogP) is 1.46. The molecule has 2 N–H and O–H groups in total. The van der Waals surface area contributed by atoms with Crippen molar-refractivity contribution < 1.29 is 9.66 Å². The Labute approximate surface area is 109 Å². The van der Waals surface area contributed by atoms with Gasteiger partial charge in [0, 0.05) is 25.2 Å². The van der Waals surface area contributed by atoms with Crippen LogP contribution in [0.2, 0.25) is 0 Å². The van der Waals surface area contributed by atoms with Gasteiger partial charge in [0.05, 0.1) is 23.4 Å². The molecule has 2 rings (SSSR count). The molecule has 0 amide bonds. The van der Waals surface area contributed by atoms with Gasteiger partial charge in [0.25, 0.3) is 0 Å². The van der Waals surface area contributed by atoms with Crippen molar-refractivity contribution in [3.63, 3.8) is 0 Å². The number of benzene rings is 1. The second-order valence-electron chi connectivity index (χ2n) is 3.99. The first-order valence-corrected chi connectivity index (χ1v) is 5.62. The molecule has 1 aromatic heterocycles. The fourth-order valence-electron chi connectivity index (χ4n) is 1.83. The van der Waals surface area contributed by atoms with Crippen LogP contribution >= 0.6 is 0 Å². The van der Waals surface area contributed by atoms with Gasteiger partial charge < -0.3 is 10.5 Å². The molecule has 0 fully saturated rings. The van der Waals surface area contributed by atoms with Crippen LogP contribution in [0.25, 0.3) is 11.3 Å². The molecule has 0 saturated heterocycles. The molecule has 0 bridgehead atoms. The van der Waals surface area contributed by atoms with Gasteiger partial charge in [0.2, 0.25) is 0 Å². The van der Waals surface area contributed by atoms with Gasteiger partial charge in [-0.15, -0.1) is 0 Å². The first kappa shape index (κ1) is 13.0. The molecule has 7 heteroatoms. The minimum absolute atomic E-state index is 0.0834. The van der Waals surface area contributed by atoms with Gasteiger partial charge >= 0.3 is 5.69 Å². The second-order valence-corrected chi connectivity index (χ2v) is 3.99. The summed E-state index contributed by atoms with van der Waals surface area (Å²) in [7, 11) is 3.18. The summed E-state index contributed by atoms with van der Waals surface area (Å²) < 4.78 is 6.62. The molecule has 0 aliphatic heterocycles. The maximum Gasteiger partial charge on any atom is 0.311 e. The van der Waals surface area contributed by atoms with Gasteiger partial charge in [-0.05, 0) is 18.2 Å². The Hall–Kier alpha value is -2.41. The van der Waals surface area contributed by atoms with Crippen molar-refractivity contribution in [2.24, 2.45) is 12.8 Å². The van der Waals surface area contributed by atoms with E-state index in [0.29, 0.717) is 17.8 Å². The molecule has 1 heterocycles. The van der Waals surface area contributed by atoms with Gasteiger partial charge in [0.15, 0.2) is 5.75 Å². The molecule has 2 aromatic rings. The molecule has 7 nitrogen and oxygen atoms in total. The predicted molar refractivity (Wildman–Crippen MR) is 69.7 cm³/mol. The van der Waals surface area contributed by atoms with Gasteiger partial charge in [-0.1, -0.05) is 0 Å². The number of methoxy groups -OCH3 is 1. The Morgan fingerprint density at radius 2 is 2.21 bits per heavy atom. The summed E-state index contributed by atoms with van der Waals surface area (Å²) in [6, 6.07) is 6.55. The number of nitro groups is 1. The minimum Gasteiger partial charge on any atom is -0.490 e. The van der Waals surface area contributed by atoms with Crippen LogP contribution in [-0.4, -0.2) is 21.8 Å². The Morgan fingerprint density at radius 1 is 1.47 bits per heavy atom. The van der Waals surface area contributed by atoms with E-state index in [1.807, 2.05) is 6.07 Å². The monoisotopic (exact) mass is 262 g/mol. The van der Waals surface area contributed by atoms with Crippen LogP contribution in [0.1, 0.15) is 5.69 Å². The minimum atomic E-state index is -0.477. The first-order valence-electron chi connectivity index (χ1n) is 5.62. The third-order valence-corrected chi connectivity index (χ3v) is 2.86. The lowest BCUT2D eigenvalue weighted by molar-refractivity contribution is -0.385. The topological polar surface area (TPSA) is 96.2 Å². The largest absolute Gasteiger partial charge is 0.490 e. The van der Waals surface area contributed by atoms with Crippen LogP contribution in [0.3, 0.4) is 0 Å². The molecular formula is C12H14N4O3. The average Bonchev–Trinajstić information content (AvgIpc) is 2.79. The molecule has 0 unspecified atom stereocenters. The number of nitro benzene ring substituents is 1. The Morgan fingerprint density at radius 3 is 2.74 bits per heavy atom. The van der Waals surface area contributed by atoms with E-state index in [2.05, 4.69) is 5.10 Å². The zero-order valence-electron chi connectivity index (χ0n) is 10.7. The van der Waals surface area contributed by atoms with Crippen molar-refractivity contribution in [2.45, 2.75) is 6.54 Å². The first-order chi connectivity index (χ1) is 9.06. The summed E-state index contributed by atoms with van der Waals surface area (Å²) >= 11 is 0. The third-order valence-electron chi connectivity index (χ3n) is 2.86. The van der Waals surface area contributed by atoms with E-state index in [-0.39, 0.29) is 11.4 Å². The van der Waals surface area contributed by atoms with Crippen LogP contribution in [-0.2, 0) is 13.6 Å². The number of rotatable bonds is 4. The highest BCUT2D eigenvalue weighted by molar-refractivity contribution is 5.66. The highest BCUT2D eigenvalue weighted by Gasteiger charge is 2.17. The van der Waals surface area contributed by atoms with Crippen molar-refractivity contribution in [3.8, 4) is 17.0 Å². The summed E-state index contributed by atoms with van der Waals surface area (Å²) in [5.41, 5.74) is 7.65. The van der Waals surface area contributed by atoms with E-state index in [4.69, 9.17) is 10.5 Å². The van der Waals surface area contributed by atoms with Gasteiger partial charge in [-0.3, -0.25) is 14.8 Å². The molecule has 0 radical (unpaired) electrons. The third kappa shape index (κ3) is 2.41. The Bertz CT molecular complexity index is 621. The van der Waals surface area contributed by atoms with E-state index in [1.165, 1.54) is 13.2 Å². The summed E-state index contributed by atoms with van der Waals surface area (Å²) in [5.74, 6) is 0.226. The molecule has 0 aliphatic carbocycles. The quantitative estimate of drug-likeness (QED) is 0.664. The Balaban J connectivity index is 2.50. The van der Waals surface area contributed by atoms with E-state index in [1.54, 1.807) is 23.9 Å². The van der Waals surface area contributed by atoms with Crippen molar-refractivity contribution in [1.82, 2.24) is 9.78 Å². The average molecular weight is 262 g/mol. The summed E-state index contributed by atoms with van der Waals surface area (Å²) in [5, 5.41) is 15.3. The number of hydrogen-bond donors (Lipinski definition) is 1. The number of hydrogen-bond acceptors (Lipinski definition) is 5. The molecule has 19 heavy (non-hydrogen) atoms. The van der Waals surface area contributed by atoms with Crippen LogP contribution in [0.4, 0.5) is 5.69 Å². The molecule has 100 valence electrons. The van der Waals surface area contributed by atoms with Crippen molar-refractivity contribution in [2.75, 3.05) is 7.11 Å². The standard InChI is InChI=1S/C12H14N4O3/c1-15-9(7-13)6-10(14-15)8-3-4-12(19-2)11(5-8)16(17)18/h3-6H,7,13H2,1-2H3. The van der Waals surface area contributed by atoms with E-state index in [0.717, 1.165) is 5.69 Å². The molecule has 0 saturated carbocycles. The highest BCUT2D eigenvalue weighted by atomic mass is 16.6. The van der Waals surface area contributed by atoms with E-state index >= 15 is 0 Å². The summed E-state index contributed by atoms with van der Waals surface area (Å²) in [4.78, 5) is 10.5. The van der Waals surface area contributed by atoms with Gasteiger partial charge in [-0.25, -0.2) is 0 Å². The van der Waals surface area contributed by atoms with E-state index in [9.17, 15) is 10.1 Å². The summed E-state index contributed by atoms with van der Waals surface area (Å²) in [6.07, 6.45) is 0. The maximum atomic E-state index is 11.0. The van der Waals surface area contributed by atoms with Crippen LogP contribution in [0.15, 0.2) is 24.3 Å². The SMILES string of the molecule is COc1ccc(-c2cc(CN)n(C)n2)cc1[N+](=O)[O-]. The van der Waals surface area contributed by atoms with Crippen molar-refractivity contribution in [1.29, 1.82) is 0 Å². The molecule has 0 spiro atoms. The molecule has 0 aliphatic rings. The van der Waals surface area contributed by atoms with Crippen LogP contribution < -0.4 is 10.5 Å². The molecular weight excluding hydrogens is 248 g/mol.